The van der Waals surface area contributed by atoms with E-state index in [0.29, 0.717) is 6.42 Å². The third-order valence-corrected chi connectivity index (χ3v) is 9.05. The van der Waals surface area contributed by atoms with Gasteiger partial charge in [0, 0.05) is 0 Å². The number of rotatable bonds is 12. The van der Waals surface area contributed by atoms with Crippen LogP contribution in [0.1, 0.15) is 51.6 Å². The summed E-state index contributed by atoms with van der Waals surface area (Å²) in [5.74, 6) is -0.551. The van der Waals surface area contributed by atoms with Crippen molar-refractivity contribution in [3.63, 3.8) is 0 Å². The molecule has 1 heterocycles. The summed E-state index contributed by atoms with van der Waals surface area (Å²) < 4.78 is 12.3. The molecule has 32 heavy (non-hydrogen) atoms. The zero-order valence-corrected chi connectivity index (χ0v) is 22.3. The van der Waals surface area contributed by atoms with Gasteiger partial charge in [0.15, 0.2) is 0 Å². The summed E-state index contributed by atoms with van der Waals surface area (Å²) in [7, 11) is -3.46. The van der Waals surface area contributed by atoms with Crippen LogP contribution in [-0.2, 0) is 20.6 Å². The summed E-state index contributed by atoms with van der Waals surface area (Å²) in [4.78, 5) is 42.5. The Balaban J connectivity index is 1.80. The molecule has 1 aliphatic carbocycles. The van der Waals surface area contributed by atoms with Crippen LogP contribution in [0, 0.1) is 11.8 Å². The van der Waals surface area contributed by atoms with E-state index in [9.17, 15) is 24.2 Å². The second-order valence-corrected chi connectivity index (χ2v) is 13.3. The van der Waals surface area contributed by atoms with Crippen LogP contribution < -0.4 is 10.6 Å². The number of aliphatic hydroxyl groups excluding tert-OH is 1. The molecule has 11 heteroatoms. The maximum atomic E-state index is 12.7. The molecule has 9 nitrogen and oxygen atoms in total. The van der Waals surface area contributed by atoms with E-state index in [1.807, 2.05) is 13.8 Å². The van der Waals surface area contributed by atoms with E-state index in [1.54, 1.807) is 12.5 Å². The van der Waals surface area contributed by atoms with E-state index >= 15 is 0 Å². The number of carbonyl (C=O) groups is 2. The van der Waals surface area contributed by atoms with Crippen molar-refractivity contribution in [1.82, 2.24) is 20.6 Å². The first-order valence-electron chi connectivity index (χ1n) is 11.4. The normalized spacial score (nSPS) is 19.7. The summed E-state index contributed by atoms with van der Waals surface area (Å²) in [6, 6.07) is -0.754. The van der Waals surface area contributed by atoms with Crippen LogP contribution in [0.4, 0.5) is 0 Å². The summed E-state index contributed by atoms with van der Waals surface area (Å²) >= 11 is 1.25. The van der Waals surface area contributed by atoms with Gasteiger partial charge in [0.1, 0.15) is 0 Å². The summed E-state index contributed by atoms with van der Waals surface area (Å²) in [5.41, 5.74) is 0.782. The number of aromatic amines is 1. The molecule has 5 atom stereocenters. The van der Waals surface area contributed by atoms with Crippen LogP contribution in [0.5, 0.6) is 0 Å². The van der Waals surface area contributed by atoms with Crippen molar-refractivity contribution in [3.05, 3.63) is 18.2 Å². The molecule has 2 amide bonds. The minimum atomic E-state index is -3.46. The molecule has 0 saturated heterocycles. The molecule has 1 aliphatic rings. The third kappa shape index (κ3) is 9.38. The Labute approximate surface area is 198 Å². The Hall–Kier alpha value is -1.14. The smallest absolute Gasteiger partial charge is 0.0533 e. The van der Waals surface area contributed by atoms with Crippen molar-refractivity contribution in [3.8, 4) is 0 Å². The van der Waals surface area contributed by atoms with Crippen molar-refractivity contribution in [2.75, 3.05) is 18.9 Å². The van der Waals surface area contributed by atoms with Gasteiger partial charge in [0.25, 0.3) is 0 Å². The van der Waals surface area contributed by atoms with Crippen molar-refractivity contribution in [2.24, 2.45) is 11.8 Å². The minimum Gasteiger partial charge on any atom is -0.0533 e. The molecule has 1 aromatic rings. The van der Waals surface area contributed by atoms with Gasteiger partial charge in [-0.2, -0.15) is 0 Å². The Bertz CT molecular complexity index is 770. The Morgan fingerprint density at radius 2 is 1.97 bits per heavy atom. The van der Waals surface area contributed by atoms with E-state index in [1.165, 1.54) is 23.3 Å². The molecule has 0 radical (unpaired) electrons. The molecular formula is C21H38AsN4O5P. The number of nitrogens with zero attached hydrogens (tertiary/aromatic N) is 1. The SMILES string of the molecule is CC(C)[C@H](NC(=O)[C@@H]([AsH2])Cc1c[nH]cn1)C(=O)NC[C@H](O)CP(=O)(O)CC1CCCCC1. The number of hydrogen-bond acceptors (Lipinski definition) is 5. The Morgan fingerprint density at radius 1 is 1.28 bits per heavy atom. The van der Waals surface area contributed by atoms with Gasteiger partial charge in [-0.25, -0.2) is 0 Å². The van der Waals surface area contributed by atoms with E-state index in [-0.39, 0.29) is 41.3 Å². The van der Waals surface area contributed by atoms with Crippen LogP contribution in [0.25, 0.3) is 0 Å². The number of aromatic nitrogens is 2. The minimum absolute atomic E-state index is 0.125. The van der Waals surface area contributed by atoms with Gasteiger partial charge in [-0.1, -0.05) is 19.3 Å². The Morgan fingerprint density at radius 3 is 2.56 bits per heavy atom. The van der Waals surface area contributed by atoms with Gasteiger partial charge < -0.3 is 0 Å². The predicted octanol–water partition coefficient (Wildman–Crippen LogP) is 0.842. The monoisotopic (exact) mass is 532 g/mol. The summed E-state index contributed by atoms with van der Waals surface area (Å²) in [6.45, 7) is 3.53. The molecule has 0 aromatic carbocycles. The van der Waals surface area contributed by atoms with Gasteiger partial charge in [-0.05, 0) is 12.8 Å². The second-order valence-electron chi connectivity index (χ2n) is 9.22. The average Bonchev–Trinajstić information content (AvgIpc) is 3.22. The first-order valence-corrected chi connectivity index (χ1v) is 14.8. The third-order valence-electron chi connectivity index (χ3n) is 5.84. The zero-order chi connectivity index (χ0) is 23.7. The fraction of sp³-hybridized carbons (Fsp3) is 0.762. The molecule has 2 rings (SSSR count). The fourth-order valence-corrected chi connectivity index (χ4v) is 6.90. The summed E-state index contributed by atoms with van der Waals surface area (Å²) in [6.07, 6.45) is 7.96. The van der Waals surface area contributed by atoms with Crippen molar-refractivity contribution < 1.29 is 24.2 Å². The van der Waals surface area contributed by atoms with E-state index in [4.69, 9.17) is 0 Å². The van der Waals surface area contributed by atoms with Crippen molar-refractivity contribution in [2.45, 2.75) is 69.2 Å². The Kier molecular flexibility index (Phi) is 11.0. The van der Waals surface area contributed by atoms with E-state index in [0.717, 1.165) is 31.4 Å². The topological polar surface area (TPSA) is 144 Å². The molecule has 0 aliphatic heterocycles. The first kappa shape index (κ1) is 27.1. The molecule has 0 bridgehead atoms. The average molecular weight is 532 g/mol. The second kappa shape index (κ2) is 12.9. The predicted molar refractivity (Wildman–Crippen MR) is 127 cm³/mol. The molecule has 1 saturated carbocycles. The van der Waals surface area contributed by atoms with Crippen LogP contribution in [0.15, 0.2) is 12.5 Å². The van der Waals surface area contributed by atoms with Gasteiger partial charge in [-0.3, -0.25) is 0 Å². The number of hydrogen-bond donors (Lipinski definition) is 5. The molecular weight excluding hydrogens is 494 g/mol. The van der Waals surface area contributed by atoms with Crippen molar-refractivity contribution >= 4 is 36.0 Å². The van der Waals surface area contributed by atoms with Crippen LogP contribution in [0.3, 0.4) is 0 Å². The number of carbonyl (C=O) groups excluding carboxylic acids is 2. The molecule has 5 N–H and O–H groups in total. The molecule has 0 spiro atoms. The van der Waals surface area contributed by atoms with Crippen LogP contribution in [0.2, 0.25) is 4.71 Å². The number of amides is 2. The number of H-pyrrole nitrogens is 1. The van der Waals surface area contributed by atoms with Gasteiger partial charge in [-0.15, -0.1) is 0 Å². The number of aliphatic hydroxyl groups is 1. The standard InChI is InChI=1S/C21H38AsN4O5P/c1-14(2)19(26-20(28)18(22)8-16-9-23-13-25-16)21(29)24-10-17(27)12-32(30,31)11-15-6-4-3-5-7-15/h9,13-15,17-19,27H,3-8,10-12,22H2,1-2H3,(H,23,25)(H,24,29)(H,26,28)(H,30,31)/t17-,18-,19-/m0/s1. The molecule has 1 aromatic heterocycles. The molecule has 182 valence electrons. The summed E-state index contributed by atoms with van der Waals surface area (Å²) in [5, 5.41) is 15.7. The maximum absolute atomic E-state index is 12.7. The van der Waals surface area contributed by atoms with E-state index < -0.39 is 25.4 Å². The van der Waals surface area contributed by atoms with Gasteiger partial charge in [0.2, 0.25) is 0 Å². The molecule has 1 fully saturated rings. The van der Waals surface area contributed by atoms with Crippen LogP contribution in [-0.4, -0.2) is 79.6 Å². The van der Waals surface area contributed by atoms with Gasteiger partial charge >= 0.3 is 167 Å². The molecule has 2 unspecified atom stereocenters. The van der Waals surface area contributed by atoms with Crippen LogP contribution >= 0.6 is 7.37 Å². The van der Waals surface area contributed by atoms with Crippen molar-refractivity contribution in [1.29, 1.82) is 0 Å². The van der Waals surface area contributed by atoms with Gasteiger partial charge in [0.05, 0.1) is 0 Å². The number of nitrogens with one attached hydrogen (secondary N) is 3. The fourth-order valence-electron chi connectivity index (χ4n) is 4.09. The first-order chi connectivity index (χ1) is 15.1. The number of imidazole rings is 1. The zero-order valence-electron chi connectivity index (χ0n) is 19.0. The van der Waals surface area contributed by atoms with E-state index in [2.05, 4.69) is 20.6 Å². The quantitative estimate of drug-likeness (QED) is 0.199.